The first-order valence-electron chi connectivity index (χ1n) is 14.9. The molecule has 0 N–H and O–H groups in total. The van der Waals surface area contributed by atoms with E-state index in [9.17, 15) is 0 Å². The summed E-state index contributed by atoms with van der Waals surface area (Å²) in [5.74, 6) is 0.328. The van der Waals surface area contributed by atoms with Crippen molar-refractivity contribution in [3.8, 4) is 11.3 Å². The van der Waals surface area contributed by atoms with Gasteiger partial charge in [0.25, 0.3) is 0 Å². The highest BCUT2D eigenvalue weighted by atomic mass is 14.7. The smallest absolute Gasteiger partial charge is 0.0795 e. The van der Waals surface area contributed by atoms with Gasteiger partial charge in [-0.2, -0.15) is 0 Å². The largest absolute Gasteiger partial charge is 0.256 e. The Morgan fingerprint density at radius 3 is 2.24 bits per heavy atom. The van der Waals surface area contributed by atoms with Gasteiger partial charge in [-0.25, -0.2) is 4.98 Å². The molecule has 2 heterocycles. The van der Waals surface area contributed by atoms with E-state index in [0.717, 1.165) is 63.1 Å². The summed E-state index contributed by atoms with van der Waals surface area (Å²) in [6.07, 6.45) is 14.6. The van der Waals surface area contributed by atoms with Crippen molar-refractivity contribution in [1.82, 2.24) is 9.97 Å². The Morgan fingerprint density at radius 1 is 0.595 bits per heavy atom. The minimum Gasteiger partial charge on any atom is -0.256 e. The normalized spacial score (nSPS) is 15.9. The van der Waals surface area contributed by atoms with E-state index < -0.39 is 0 Å². The lowest BCUT2D eigenvalue weighted by Crippen LogP contribution is -2.11. The molecule has 2 aliphatic carbocycles. The SMILES string of the molecule is C1=Cc2c3c(c4ccccc4c2CC1)C=CC(c1cccc(-c2ccc4c5cccnc5c5ccccc5c4n2)c1)C3. The zero-order chi connectivity index (χ0) is 27.6. The fourth-order valence-electron chi connectivity index (χ4n) is 7.36. The van der Waals surface area contributed by atoms with Crippen LogP contribution in [0.3, 0.4) is 0 Å². The Kier molecular flexibility index (Phi) is 5.18. The van der Waals surface area contributed by atoms with Crippen molar-refractivity contribution < 1.29 is 0 Å². The maximum atomic E-state index is 5.28. The quantitative estimate of drug-likeness (QED) is 0.205. The van der Waals surface area contributed by atoms with Gasteiger partial charge in [-0.15, -0.1) is 0 Å². The Labute approximate surface area is 244 Å². The molecule has 2 aliphatic rings. The van der Waals surface area contributed by atoms with E-state index in [0.29, 0.717) is 5.92 Å². The van der Waals surface area contributed by atoms with Crippen molar-refractivity contribution in [1.29, 1.82) is 0 Å². The lowest BCUT2D eigenvalue weighted by atomic mass is 9.77. The van der Waals surface area contributed by atoms with E-state index in [4.69, 9.17) is 9.97 Å². The summed E-state index contributed by atoms with van der Waals surface area (Å²) in [6.45, 7) is 0. The van der Waals surface area contributed by atoms with Crippen LogP contribution in [0.2, 0.25) is 0 Å². The number of benzene rings is 5. The molecule has 0 saturated carbocycles. The average molecular weight is 537 g/mol. The Balaban J connectivity index is 1.16. The van der Waals surface area contributed by atoms with Crippen molar-refractivity contribution in [2.45, 2.75) is 25.2 Å². The third-order valence-electron chi connectivity index (χ3n) is 9.32. The first-order valence-corrected chi connectivity index (χ1v) is 14.9. The van der Waals surface area contributed by atoms with Crippen LogP contribution < -0.4 is 0 Å². The number of rotatable bonds is 2. The molecule has 1 atom stereocenters. The second-order valence-electron chi connectivity index (χ2n) is 11.6. The minimum absolute atomic E-state index is 0.328. The fourth-order valence-corrected chi connectivity index (χ4v) is 7.36. The van der Waals surface area contributed by atoms with Gasteiger partial charge in [0.15, 0.2) is 0 Å². The monoisotopic (exact) mass is 536 g/mol. The van der Waals surface area contributed by atoms with Gasteiger partial charge in [-0.05, 0) is 82.1 Å². The average Bonchev–Trinajstić information content (AvgIpc) is 3.08. The molecular formula is C40H28N2. The van der Waals surface area contributed by atoms with E-state index in [1.165, 1.54) is 38.6 Å². The number of aryl methyl sites for hydroxylation is 1. The molecule has 0 aliphatic heterocycles. The first kappa shape index (κ1) is 23.6. The van der Waals surface area contributed by atoms with Crippen molar-refractivity contribution in [2.75, 3.05) is 0 Å². The summed E-state index contributed by atoms with van der Waals surface area (Å²) in [7, 11) is 0. The highest BCUT2D eigenvalue weighted by Crippen LogP contribution is 2.41. The van der Waals surface area contributed by atoms with E-state index >= 15 is 0 Å². The van der Waals surface area contributed by atoms with Crippen molar-refractivity contribution in [3.63, 3.8) is 0 Å². The number of allylic oxidation sites excluding steroid dienone is 2. The molecule has 0 radical (unpaired) electrons. The molecule has 2 aromatic heterocycles. The summed E-state index contributed by atoms with van der Waals surface area (Å²) in [5.41, 5.74) is 11.4. The summed E-state index contributed by atoms with van der Waals surface area (Å²) in [4.78, 5) is 10.0. The van der Waals surface area contributed by atoms with Gasteiger partial charge in [-0.1, -0.05) is 97.1 Å². The molecule has 2 nitrogen and oxygen atoms in total. The van der Waals surface area contributed by atoms with E-state index in [1.807, 2.05) is 12.3 Å². The number of aromatic nitrogens is 2. The van der Waals surface area contributed by atoms with E-state index in [2.05, 4.69) is 115 Å². The highest BCUT2D eigenvalue weighted by Gasteiger charge is 2.24. The van der Waals surface area contributed by atoms with E-state index in [-0.39, 0.29) is 0 Å². The fraction of sp³-hybridized carbons (Fsp3) is 0.100. The van der Waals surface area contributed by atoms with Crippen LogP contribution >= 0.6 is 0 Å². The number of pyridine rings is 2. The predicted molar refractivity (Wildman–Crippen MR) is 177 cm³/mol. The molecule has 0 saturated heterocycles. The molecule has 9 rings (SSSR count). The lowest BCUT2D eigenvalue weighted by Gasteiger charge is -2.27. The van der Waals surface area contributed by atoms with Crippen LogP contribution in [0.25, 0.3) is 66.8 Å². The molecule has 0 spiro atoms. The van der Waals surface area contributed by atoms with Crippen LogP contribution in [-0.4, -0.2) is 9.97 Å². The molecule has 7 aromatic rings. The summed E-state index contributed by atoms with van der Waals surface area (Å²) in [6, 6.07) is 35.0. The molecule has 198 valence electrons. The van der Waals surface area contributed by atoms with Crippen molar-refractivity contribution >= 4 is 55.5 Å². The molecule has 0 amide bonds. The Morgan fingerprint density at radius 2 is 1.36 bits per heavy atom. The van der Waals surface area contributed by atoms with Crippen LogP contribution in [-0.2, 0) is 12.8 Å². The van der Waals surface area contributed by atoms with Crippen LogP contribution in [0.15, 0.2) is 115 Å². The van der Waals surface area contributed by atoms with Gasteiger partial charge in [0.2, 0.25) is 0 Å². The van der Waals surface area contributed by atoms with Gasteiger partial charge >= 0.3 is 0 Å². The molecular weight excluding hydrogens is 508 g/mol. The van der Waals surface area contributed by atoms with Crippen LogP contribution in [0.5, 0.6) is 0 Å². The van der Waals surface area contributed by atoms with Gasteiger partial charge in [0.05, 0.1) is 16.7 Å². The lowest BCUT2D eigenvalue weighted by molar-refractivity contribution is 0.822. The summed E-state index contributed by atoms with van der Waals surface area (Å²) in [5, 5.41) is 7.39. The molecule has 2 heteroatoms. The molecule has 0 bridgehead atoms. The van der Waals surface area contributed by atoms with Crippen molar-refractivity contribution in [2.24, 2.45) is 0 Å². The van der Waals surface area contributed by atoms with Gasteiger partial charge in [0, 0.05) is 39.2 Å². The Hall–Kier alpha value is -5.08. The highest BCUT2D eigenvalue weighted by molar-refractivity contribution is 6.23. The second kappa shape index (κ2) is 9.22. The number of fused-ring (bicyclic) bond motifs is 12. The predicted octanol–water partition coefficient (Wildman–Crippen LogP) is 10.1. The number of nitrogens with zero attached hydrogens (tertiary/aromatic N) is 2. The molecule has 0 fully saturated rings. The number of hydrogen-bond donors (Lipinski definition) is 0. The molecule has 42 heavy (non-hydrogen) atoms. The van der Waals surface area contributed by atoms with E-state index in [1.54, 1.807) is 0 Å². The first-order chi connectivity index (χ1) is 20.8. The maximum absolute atomic E-state index is 5.28. The maximum Gasteiger partial charge on any atom is 0.0795 e. The van der Waals surface area contributed by atoms with Crippen LogP contribution in [0.1, 0.15) is 40.2 Å². The third-order valence-corrected chi connectivity index (χ3v) is 9.32. The molecule has 1 unspecified atom stereocenters. The molecule has 5 aromatic carbocycles. The number of hydrogen-bond acceptors (Lipinski definition) is 2. The summed E-state index contributed by atoms with van der Waals surface area (Å²) < 4.78 is 0. The standard InChI is InChI=1S/C40H28N2/c1-2-13-30-28(11-1)29-12-3-4-14-31(29)37-24-26(18-19-32(30)37)25-9-7-10-27(23-25)38-21-20-36-34-17-8-22-41-39(34)33-15-5-6-16-35(33)40(36)42-38/h1-2,4-11,13-23,26H,3,12,24H2. The zero-order valence-corrected chi connectivity index (χ0v) is 23.2. The minimum atomic E-state index is 0.328. The van der Waals surface area contributed by atoms with Gasteiger partial charge < -0.3 is 0 Å². The second-order valence-corrected chi connectivity index (χ2v) is 11.6. The van der Waals surface area contributed by atoms with Gasteiger partial charge in [0.1, 0.15) is 0 Å². The summed E-state index contributed by atoms with van der Waals surface area (Å²) >= 11 is 0. The van der Waals surface area contributed by atoms with Gasteiger partial charge in [-0.3, -0.25) is 4.98 Å². The Bertz CT molecular complexity index is 2250. The zero-order valence-electron chi connectivity index (χ0n) is 23.2. The van der Waals surface area contributed by atoms with Crippen LogP contribution in [0, 0.1) is 0 Å². The van der Waals surface area contributed by atoms with Crippen molar-refractivity contribution in [3.05, 3.63) is 143 Å². The van der Waals surface area contributed by atoms with Crippen LogP contribution in [0.4, 0.5) is 0 Å². The third kappa shape index (κ3) is 3.51. The topological polar surface area (TPSA) is 25.8 Å².